The van der Waals surface area contributed by atoms with E-state index in [0.29, 0.717) is 4.88 Å². The van der Waals surface area contributed by atoms with Crippen molar-refractivity contribution in [2.24, 2.45) is 0 Å². The van der Waals surface area contributed by atoms with Crippen LogP contribution in [0.3, 0.4) is 0 Å². The molecule has 0 unspecified atom stereocenters. The highest BCUT2D eigenvalue weighted by Gasteiger charge is 2.40. The van der Waals surface area contributed by atoms with Crippen molar-refractivity contribution in [1.29, 1.82) is 0 Å². The van der Waals surface area contributed by atoms with Gasteiger partial charge < -0.3 is 4.90 Å². The third-order valence-electron chi connectivity index (χ3n) is 3.70. The molecule has 4 nitrogen and oxygen atoms in total. The second kappa shape index (κ2) is 5.84. The number of thiazole rings is 1. The highest BCUT2D eigenvalue weighted by molar-refractivity contribution is 7.12. The van der Waals surface area contributed by atoms with Crippen molar-refractivity contribution in [2.45, 2.75) is 18.6 Å². The monoisotopic (exact) mass is 342 g/mol. The molecule has 1 aliphatic heterocycles. The van der Waals surface area contributed by atoms with Crippen LogP contribution in [-0.4, -0.2) is 34.6 Å². The Morgan fingerprint density at radius 3 is 2.52 bits per heavy atom. The molecular weight excluding hydrogens is 329 g/mol. The lowest BCUT2D eigenvalue weighted by atomic mass is 10.2. The van der Waals surface area contributed by atoms with Gasteiger partial charge in [0.1, 0.15) is 12.6 Å². The van der Waals surface area contributed by atoms with Gasteiger partial charge in [-0.25, -0.2) is 0 Å². The number of hydrogen-bond donors (Lipinski definition) is 0. The van der Waals surface area contributed by atoms with Crippen molar-refractivity contribution < 1.29 is 18.0 Å². The van der Waals surface area contributed by atoms with Gasteiger partial charge in [-0.15, -0.1) is 0 Å². The summed E-state index contributed by atoms with van der Waals surface area (Å²) in [5, 5.41) is 0. The van der Waals surface area contributed by atoms with E-state index in [-0.39, 0.29) is 17.8 Å². The fraction of sp³-hybridized carbons (Fsp3) is 0.333. The maximum Gasteiger partial charge on any atom is 0.406 e. The maximum absolute atomic E-state index is 12.5. The van der Waals surface area contributed by atoms with Crippen LogP contribution in [-0.2, 0) is 4.79 Å². The van der Waals surface area contributed by atoms with Crippen molar-refractivity contribution in [3.05, 3.63) is 46.2 Å². The molecule has 0 spiro atoms. The van der Waals surface area contributed by atoms with Crippen LogP contribution >= 0.6 is 11.3 Å². The van der Waals surface area contributed by atoms with Crippen LogP contribution in [0, 0.1) is 0 Å². The van der Waals surface area contributed by atoms with E-state index >= 15 is 0 Å². The van der Waals surface area contributed by atoms with Gasteiger partial charge in [0.05, 0.1) is 4.88 Å². The molecular formula is C15H13F3N2O2S. The van der Waals surface area contributed by atoms with Gasteiger partial charge in [0.15, 0.2) is 0 Å². The Morgan fingerprint density at radius 2 is 1.87 bits per heavy atom. The van der Waals surface area contributed by atoms with Crippen LogP contribution in [0.4, 0.5) is 13.2 Å². The summed E-state index contributed by atoms with van der Waals surface area (Å²) in [6.45, 7) is -1.27. The predicted octanol–water partition coefficient (Wildman–Crippen LogP) is 2.91. The minimum Gasteiger partial charge on any atom is -0.332 e. The molecule has 0 aliphatic carbocycles. The number of halogens is 3. The first-order valence-corrected chi connectivity index (χ1v) is 7.80. The number of carbonyl (C=O) groups is 1. The fourth-order valence-electron chi connectivity index (χ4n) is 2.66. The maximum atomic E-state index is 12.5. The second-order valence-electron chi connectivity index (χ2n) is 5.31. The Hall–Kier alpha value is -2.09. The van der Waals surface area contributed by atoms with E-state index in [1.54, 1.807) is 6.20 Å². The first-order valence-electron chi connectivity index (χ1n) is 6.98. The van der Waals surface area contributed by atoms with Crippen LogP contribution in [0.2, 0.25) is 0 Å². The van der Waals surface area contributed by atoms with Gasteiger partial charge in [-0.3, -0.25) is 14.2 Å². The third-order valence-corrected chi connectivity index (χ3v) is 4.64. The Kier molecular flexibility index (Phi) is 4.01. The number of nitrogens with zero attached hydrogens (tertiary/aromatic N) is 2. The van der Waals surface area contributed by atoms with E-state index in [0.717, 1.165) is 21.8 Å². The van der Waals surface area contributed by atoms with E-state index < -0.39 is 24.7 Å². The van der Waals surface area contributed by atoms with Crippen LogP contribution < -0.4 is 4.87 Å². The zero-order chi connectivity index (χ0) is 16.6. The smallest absolute Gasteiger partial charge is 0.332 e. The number of amides is 1. The van der Waals surface area contributed by atoms with E-state index in [1.165, 1.54) is 4.57 Å². The highest BCUT2D eigenvalue weighted by Crippen LogP contribution is 2.29. The van der Waals surface area contributed by atoms with E-state index in [9.17, 15) is 22.8 Å². The van der Waals surface area contributed by atoms with Crippen molar-refractivity contribution >= 4 is 17.2 Å². The van der Waals surface area contributed by atoms with Gasteiger partial charge in [0, 0.05) is 12.7 Å². The van der Waals surface area contributed by atoms with E-state index in [4.69, 9.17) is 0 Å². The Bertz CT molecular complexity index is 767. The lowest BCUT2D eigenvalue weighted by Gasteiger charge is -2.18. The average molecular weight is 342 g/mol. The number of likely N-dealkylation sites (tertiary alicyclic amines) is 1. The number of hydrogen-bond acceptors (Lipinski definition) is 3. The van der Waals surface area contributed by atoms with Gasteiger partial charge >= 0.3 is 11.0 Å². The number of rotatable bonds is 3. The van der Waals surface area contributed by atoms with Crippen LogP contribution in [0.5, 0.6) is 0 Å². The van der Waals surface area contributed by atoms with Crippen LogP contribution in [0.15, 0.2) is 41.3 Å². The van der Waals surface area contributed by atoms with Gasteiger partial charge in [-0.2, -0.15) is 13.2 Å². The van der Waals surface area contributed by atoms with E-state index in [2.05, 4.69) is 0 Å². The lowest BCUT2D eigenvalue weighted by molar-refractivity contribution is -0.158. The molecule has 0 saturated carbocycles. The Labute approximate surface area is 133 Å². The van der Waals surface area contributed by atoms with Crippen molar-refractivity contribution in [2.75, 3.05) is 13.1 Å². The molecule has 2 heterocycles. The summed E-state index contributed by atoms with van der Waals surface area (Å²) in [4.78, 5) is 25.4. The third kappa shape index (κ3) is 3.31. The van der Waals surface area contributed by atoms with Gasteiger partial charge in [-0.1, -0.05) is 41.7 Å². The zero-order valence-corrected chi connectivity index (χ0v) is 12.7. The summed E-state index contributed by atoms with van der Waals surface area (Å²) in [6, 6.07) is 8.33. The van der Waals surface area contributed by atoms with Crippen molar-refractivity contribution in [3.8, 4) is 10.4 Å². The molecule has 0 bridgehead atoms. The minimum atomic E-state index is -4.43. The molecule has 23 heavy (non-hydrogen) atoms. The molecule has 1 fully saturated rings. The molecule has 8 heteroatoms. The normalized spacial score (nSPS) is 18.7. The first-order chi connectivity index (χ1) is 10.8. The Morgan fingerprint density at radius 1 is 1.17 bits per heavy atom. The molecule has 0 N–H and O–H groups in total. The largest absolute Gasteiger partial charge is 0.406 e. The number of benzene rings is 1. The van der Waals surface area contributed by atoms with Crippen LogP contribution in [0.1, 0.15) is 12.5 Å². The summed E-state index contributed by atoms with van der Waals surface area (Å²) in [5.74, 6) is -0.651. The summed E-state index contributed by atoms with van der Waals surface area (Å²) in [5.41, 5.74) is 0.839. The molecule has 1 saturated heterocycles. The van der Waals surface area contributed by atoms with Gasteiger partial charge in [0.2, 0.25) is 5.91 Å². The highest BCUT2D eigenvalue weighted by atomic mass is 32.1. The molecule has 2 aromatic rings. The van der Waals surface area contributed by atoms with E-state index in [1.807, 2.05) is 30.3 Å². The Balaban J connectivity index is 1.85. The predicted molar refractivity (Wildman–Crippen MR) is 80.3 cm³/mol. The summed E-state index contributed by atoms with van der Waals surface area (Å²) in [6.07, 6.45) is -2.67. The van der Waals surface area contributed by atoms with Crippen molar-refractivity contribution in [3.63, 3.8) is 0 Å². The quantitative estimate of drug-likeness (QED) is 0.861. The summed E-state index contributed by atoms with van der Waals surface area (Å²) < 4.78 is 38.6. The van der Waals surface area contributed by atoms with Crippen molar-refractivity contribution in [1.82, 2.24) is 9.47 Å². The molecule has 122 valence electrons. The molecule has 1 atom stereocenters. The summed E-state index contributed by atoms with van der Waals surface area (Å²) in [7, 11) is 0. The second-order valence-corrected chi connectivity index (χ2v) is 6.31. The SMILES string of the molecule is O=C1[C@H](n2cc(-c3ccccc3)sc2=O)CCN1CC(F)(F)F. The summed E-state index contributed by atoms with van der Waals surface area (Å²) >= 11 is 0.985. The van der Waals surface area contributed by atoms with Gasteiger partial charge in [-0.05, 0) is 12.0 Å². The van der Waals surface area contributed by atoms with Gasteiger partial charge in [0.25, 0.3) is 0 Å². The fourth-order valence-corrected chi connectivity index (χ4v) is 3.55. The van der Waals surface area contributed by atoms with Crippen LogP contribution in [0.25, 0.3) is 10.4 Å². The molecule has 1 aromatic carbocycles. The number of alkyl halides is 3. The number of carbonyl (C=O) groups excluding carboxylic acids is 1. The minimum absolute atomic E-state index is 0.00592. The standard InChI is InChI=1S/C15H13F3N2O2S/c16-15(17,18)9-19-7-6-11(13(19)21)20-8-12(23-14(20)22)10-4-2-1-3-5-10/h1-5,8,11H,6-7,9H2/t11-/m1/s1. The zero-order valence-electron chi connectivity index (χ0n) is 11.9. The topological polar surface area (TPSA) is 42.3 Å². The first kappa shape index (κ1) is 15.8. The average Bonchev–Trinajstić information content (AvgIpc) is 3.03. The lowest BCUT2D eigenvalue weighted by Crippen LogP contribution is -2.37. The molecule has 1 aromatic heterocycles. The number of aromatic nitrogens is 1. The molecule has 0 radical (unpaired) electrons. The molecule has 1 aliphatic rings. The molecule has 1 amide bonds. The molecule has 3 rings (SSSR count).